The zero-order valence-electron chi connectivity index (χ0n) is 10.3. The molecular weight excluding hydrogens is 256 g/mol. The van der Waals surface area contributed by atoms with Crippen molar-refractivity contribution >= 4 is 22.5 Å². The molecule has 1 fully saturated rings. The number of nitrogens with one attached hydrogen (secondary N) is 1. The highest BCUT2D eigenvalue weighted by Gasteiger charge is 2.30. The molecule has 100 valence electrons. The molecule has 1 aliphatic heterocycles. The fourth-order valence-corrected chi connectivity index (χ4v) is 3.31. The highest BCUT2D eigenvalue weighted by Crippen LogP contribution is 2.19. The van der Waals surface area contributed by atoms with Gasteiger partial charge in [-0.3, -0.25) is 9.00 Å². The largest absolute Gasteiger partial charge is 0.377 e. The molecule has 18 heavy (non-hydrogen) atoms. The van der Waals surface area contributed by atoms with Gasteiger partial charge in [-0.25, -0.2) is 0 Å². The molecule has 1 N–H and O–H groups in total. The SMILES string of the molecule is Cc1cc(NC(=O)C[S@](=O)[C@H]2CCO[C@H]2C)no1. The molecule has 7 heteroatoms. The van der Waals surface area contributed by atoms with E-state index >= 15 is 0 Å². The van der Waals surface area contributed by atoms with Crippen LogP contribution in [0.15, 0.2) is 10.6 Å². The summed E-state index contributed by atoms with van der Waals surface area (Å²) in [6.45, 7) is 4.23. The molecule has 0 spiro atoms. The maximum Gasteiger partial charge on any atom is 0.238 e. The molecule has 1 aliphatic rings. The Morgan fingerprint density at radius 2 is 2.44 bits per heavy atom. The second kappa shape index (κ2) is 5.62. The topological polar surface area (TPSA) is 81.4 Å². The first-order chi connectivity index (χ1) is 8.56. The van der Waals surface area contributed by atoms with E-state index in [9.17, 15) is 9.00 Å². The summed E-state index contributed by atoms with van der Waals surface area (Å²) in [4.78, 5) is 11.7. The van der Waals surface area contributed by atoms with Gasteiger partial charge in [0.2, 0.25) is 5.91 Å². The molecule has 0 bridgehead atoms. The van der Waals surface area contributed by atoms with Crippen LogP contribution in [0, 0.1) is 6.92 Å². The van der Waals surface area contributed by atoms with Crippen LogP contribution in [0.5, 0.6) is 0 Å². The average molecular weight is 272 g/mol. The van der Waals surface area contributed by atoms with Crippen LogP contribution in [0.25, 0.3) is 0 Å². The normalized spacial score (nSPS) is 25.0. The van der Waals surface area contributed by atoms with Gasteiger partial charge in [0, 0.05) is 23.5 Å². The molecule has 0 saturated carbocycles. The summed E-state index contributed by atoms with van der Waals surface area (Å²) < 4.78 is 22.2. The van der Waals surface area contributed by atoms with Crippen LogP contribution in [0.2, 0.25) is 0 Å². The van der Waals surface area contributed by atoms with Crippen LogP contribution in [-0.4, -0.2) is 39.0 Å². The summed E-state index contributed by atoms with van der Waals surface area (Å²) in [5.41, 5.74) is 0. The average Bonchev–Trinajstić information content (AvgIpc) is 2.87. The van der Waals surface area contributed by atoms with Crippen molar-refractivity contribution in [1.29, 1.82) is 0 Å². The first kappa shape index (κ1) is 13.2. The molecule has 6 nitrogen and oxygen atoms in total. The molecule has 0 aromatic carbocycles. The minimum Gasteiger partial charge on any atom is -0.377 e. The Morgan fingerprint density at radius 3 is 3.00 bits per heavy atom. The molecule has 0 aliphatic carbocycles. The monoisotopic (exact) mass is 272 g/mol. The number of aromatic nitrogens is 1. The molecule has 1 aromatic heterocycles. The van der Waals surface area contributed by atoms with E-state index in [0.29, 0.717) is 18.2 Å². The number of amides is 1. The number of nitrogens with zero attached hydrogens (tertiary/aromatic N) is 1. The summed E-state index contributed by atoms with van der Waals surface area (Å²) >= 11 is 0. The maximum absolute atomic E-state index is 12.0. The smallest absolute Gasteiger partial charge is 0.238 e. The standard InChI is InChI=1S/C11H16N2O4S/c1-7-5-10(13-17-7)12-11(14)6-18(15)9-3-4-16-8(9)2/h5,8-9H,3-4,6H2,1-2H3,(H,12,13,14)/t8-,9-,18-/m0/s1. The van der Waals surface area contributed by atoms with Gasteiger partial charge in [-0.15, -0.1) is 0 Å². The van der Waals surface area contributed by atoms with Crippen molar-refractivity contribution in [3.63, 3.8) is 0 Å². The van der Waals surface area contributed by atoms with Crippen LogP contribution in [-0.2, 0) is 20.3 Å². The maximum atomic E-state index is 12.0. The van der Waals surface area contributed by atoms with Gasteiger partial charge in [0.15, 0.2) is 5.82 Å². The lowest BCUT2D eigenvalue weighted by molar-refractivity contribution is -0.113. The zero-order valence-corrected chi connectivity index (χ0v) is 11.2. The number of carbonyl (C=O) groups is 1. The van der Waals surface area contributed by atoms with Crippen LogP contribution < -0.4 is 5.32 Å². The summed E-state index contributed by atoms with van der Waals surface area (Å²) in [6, 6.07) is 1.61. The molecule has 0 unspecified atom stereocenters. The van der Waals surface area contributed by atoms with E-state index in [1.807, 2.05) is 6.92 Å². The third kappa shape index (κ3) is 3.17. The quantitative estimate of drug-likeness (QED) is 0.878. The number of ether oxygens (including phenoxy) is 1. The van der Waals surface area contributed by atoms with Gasteiger partial charge in [0.1, 0.15) is 11.5 Å². The summed E-state index contributed by atoms with van der Waals surface area (Å²) in [7, 11) is -1.22. The van der Waals surface area contributed by atoms with Gasteiger partial charge >= 0.3 is 0 Å². The van der Waals surface area contributed by atoms with E-state index in [1.54, 1.807) is 13.0 Å². The number of rotatable bonds is 4. The second-order valence-corrected chi connectivity index (χ2v) is 5.95. The molecule has 1 aromatic rings. The molecule has 1 amide bonds. The Hall–Kier alpha value is -1.21. The van der Waals surface area contributed by atoms with Crippen LogP contribution in [0.3, 0.4) is 0 Å². The third-order valence-electron chi connectivity index (χ3n) is 2.81. The lowest BCUT2D eigenvalue weighted by Gasteiger charge is -2.12. The fraction of sp³-hybridized carbons (Fsp3) is 0.636. The number of carbonyl (C=O) groups excluding carboxylic acids is 1. The van der Waals surface area contributed by atoms with E-state index in [0.717, 1.165) is 6.42 Å². The van der Waals surface area contributed by atoms with E-state index in [-0.39, 0.29) is 23.0 Å². The van der Waals surface area contributed by atoms with Crippen LogP contribution >= 0.6 is 0 Å². The Bertz CT molecular complexity index is 460. The predicted octanol–water partition coefficient (Wildman–Crippen LogP) is 0.848. The van der Waals surface area contributed by atoms with Gasteiger partial charge in [-0.1, -0.05) is 5.16 Å². The third-order valence-corrected chi connectivity index (χ3v) is 4.65. The second-order valence-electron chi connectivity index (χ2n) is 4.30. The van der Waals surface area contributed by atoms with E-state index < -0.39 is 10.8 Å². The molecule has 2 heterocycles. The Morgan fingerprint density at radius 1 is 1.67 bits per heavy atom. The molecular formula is C11H16N2O4S. The highest BCUT2D eigenvalue weighted by atomic mass is 32.2. The van der Waals surface area contributed by atoms with Crippen LogP contribution in [0.1, 0.15) is 19.1 Å². The summed E-state index contributed by atoms with van der Waals surface area (Å²) in [5.74, 6) is 0.611. The van der Waals surface area contributed by atoms with Crippen molar-refractivity contribution in [2.24, 2.45) is 0 Å². The van der Waals surface area contributed by atoms with Crippen molar-refractivity contribution in [1.82, 2.24) is 5.16 Å². The van der Waals surface area contributed by atoms with Crippen molar-refractivity contribution in [3.8, 4) is 0 Å². The predicted molar refractivity (Wildman–Crippen MR) is 66.7 cm³/mol. The first-order valence-corrected chi connectivity index (χ1v) is 7.16. The molecule has 2 rings (SSSR count). The minimum absolute atomic E-state index is 0.0374. The van der Waals surface area contributed by atoms with Gasteiger partial charge in [-0.05, 0) is 20.3 Å². The molecule has 1 saturated heterocycles. The lowest BCUT2D eigenvalue weighted by Crippen LogP contribution is -2.30. The summed E-state index contributed by atoms with van der Waals surface area (Å²) in [6.07, 6.45) is 0.692. The van der Waals surface area contributed by atoms with Crippen LogP contribution in [0.4, 0.5) is 5.82 Å². The number of aryl methyl sites for hydroxylation is 1. The molecule has 3 atom stereocenters. The summed E-state index contributed by atoms with van der Waals surface area (Å²) in [5, 5.41) is 6.14. The minimum atomic E-state index is -1.22. The van der Waals surface area contributed by atoms with E-state index in [4.69, 9.17) is 9.26 Å². The van der Waals surface area contributed by atoms with E-state index in [1.165, 1.54) is 0 Å². The number of anilines is 1. The lowest BCUT2D eigenvalue weighted by atomic mass is 10.3. The Labute approximate surface area is 108 Å². The fourth-order valence-electron chi connectivity index (χ4n) is 1.90. The van der Waals surface area contributed by atoms with Gasteiger partial charge in [-0.2, -0.15) is 0 Å². The van der Waals surface area contributed by atoms with Crippen molar-refractivity contribution in [3.05, 3.63) is 11.8 Å². The van der Waals surface area contributed by atoms with Crippen molar-refractivity contribution in [2.45, 2.75) is 31.6 Å². The van der Waals surface area contributed by atoms with Gasteiger partial charge in [0.05, 0.1) is 11.4 Å². The van der Waals surface area contributed by atoms with Gasteiger partial charge in [0.25, 0.3) is 0 Å². The number of hydrogen-bond acceptors (Lipinski definition) is 5. The highest BCUT2D eigenvalue weighted by molar-refractivity contribution is 7.86. The van der Waals surface area contributed by atoms with Gasteiger partial charge < -0.3 is 14.6 Å². The van der Waals surface area contributed by atoms with Crippen molar-refractivity contribution < 1.29 is 18.3 Å². The Kier molecular flexibility index (Phi) is 4.13. The number of hydrogen-bond donors (Lipinski definition) is 1. The van der Waals surface area contributed by atoms with Crippen molar-refractivity contribution in [2.75, 3.05) is 17.7 Å². The first-order valence-electron chi connectivity index (χ1n) is 5.78. The Balaban J connectivity index is 1.85. The zero-order chi connectivity index (χ0) is 13.1. The molecule has 0 radical (unpaired) electrons. The van der Waals surface area contributed by atoms with E-state index in [2.05, 4.69) is 10.5 Å².